The smallest absolute Gasteiger partial charge is 0.260 e. The first-order valence-corrected chi connectivity index (χ1v) is 12.4. The van der Waals surface area contributed by atoms with Gasteiger partial charge in [0.05, 0.1) is 4.34 Å². The van der Waals surface area contributed by atoms with Gasteiger partial charge in [-0.3, -0.25) is 4.79 Å². The van der Waals surface area contributed by atoms with Gasteiger partial charge in [0, 0.05) is 31.7 Å². The van der Waals surface area contributed by atoms with E-state index in [0.29, 0.717) is 23.2 Å². The Morgan fingerprint density at radius 2 is 1.61 bits per heavy atom. The molecule has 31 heavy (non-hydrogen) atoms. The van der Waals surface area contributed by atoms with Crippen molar-refractivity contribution >= 4 is 38.9 Å². The van der Waals surface area contributed by atoms with Gasteiger partial charge in [-0.15, -0.1) is 11.3 Å². The maximum absolute atomic E-state index is 12.7. The van der Waals surface area contributed by atoms with Gasteiger partial charge in [0.15, 0.2) is 6.61 Å². The molecule has 0 saturated carbocycles. The molecule has 0 aliphatic carbocycles. The van der Waals surface area contributed by atoms with Crippen molar-refractivity contribution in [1.82, 2.24) is 9.21 Å². The van der Waals surface area contributed by atoms with E-state index in [0.717, 1.165) is 22.5 Å². The summed E-state index contributed by atoms with van der Waals surface area (Å²) < 4.78 is 33.3. The molecule has 2 aromatic carbocycles. The van der Waals surface area contributed by atoms with E-state index in [1.807, 2.05) is 54.6 Å². The van der Waals surface area contributed by atoms with Crippen molar-refractivity contribution in [3.8, 4) is 16.9 Å². The second kappa shape index (κ2) is 9.40. The summed E-state index contributed by atoms with van der Waals surface area (Å²) in [5.74, 6) is 0.469. The molecule has 4 rings (SSSR count). The van der Waals surface area contributed by atoms with Crippen LogP contribution in [0.1, 0.15) is 0 Å². The first kappa shape index (κ1) is 21.8. The van der Waals surface area contributed by atoms with E-state index in [-0.39, 0.29) is 29.8 Å². The van der Waals surface area contributed by atoms with Crippen molar-refractivity contribution in [2.45, 2.75) is 4.21 Å². The molecule has 0 bridgehead atoms. The number of hydrogen-bond donors (Lipinski definition) is 0. The molecule has 6 nitrogen and oxygen atoms in total. The molecule has 1 saturated heterocycles. The number of para-hydroxylation sites is 1. The Labute approximate surface area is 190 Å². The number of halogens is 1. The molecular weight excluding hydrogens is 456 g/mol. The molecule has 0 radical (unpaired) electrons. The fourth-order valence-electron chi connectivity index (χ4n) is 3.42. The van der Waals surface area contributed by atoms with Crippen LogP contribution in [0, 0.1) is 0 Å². The van der Waals surface area contributed by atoms with Crippen LogP contribution in [0.3, 0.4) is 0 Å². The SMILES string of the molecule is O=C(COc1ccccc1-c1ccccc1)N1CCN(S(=O)(=O)c2ccc(Cl)s2)CC1. The number of amides is 1. The lowest BCUT2D eigenvalue weighted by atomic mass is 10.1. The molecule has 0 atom stereocenters. The van der Waals surface area contributed by atoms with Gasteiger partial charge in [0.25, 0.3) is 15.9 Å². The van der Waals surface area contributed by atoms with Crippen LogP contribution in [0.2, 0.25) is 4.34 Å². The van der Waals surface area contributed by atoms with Crippen LogP contribution in [-0.4, -0.2) is 56.3 Å². The van der Waals surface area contributed by atoms with E-state index in [4.69, 9.17) is 16.3 Å². The fourth-order valence-corrected chi connectivity index (χ4v) is 6.48. The summed E-state index contributed by atoms with van der Waals surface area (Å²) in [6.45, 7) is 1.02. The lowest BCUT2D eigenvalue weighted by Gasteiger charge is -2.33. The van der Waals surface area contributed by atoms with Crippen LogP contribution in [0.4, 0.5) is 0 Å². The largest absolute Gasteiger partial charge is 0.483 e. The summed E-state index contributed by atoms with van der Waals surface area (Å²) in [4.78, 5) is 14.3. The van der Waals surface area contributed by atoms with Gasteiger partial charge >= 0.3 is 0 Å². The Hall–Kier alpha value is -2.39. The van der Waals surface area contributed by atoms with Gasteiger partial charge in [-0.2, -0.15) is 4.31 Å². The highest BCUT2D eigenvalue weighted by Gasteiger charge is 2.31. The average molecular weight is 477 g/mol. The molecule has 2 heterocycles. The number of carbonyl (C=O) groups is 1. The summed E-state index contributed by atoms with van der Waals surface area (Å²) in [5, 5.41) is 0. The van der Waals surface area contributed by atoms with Crippen LogP contribution in [0.5, 0.6) is 5.75 Å². The Morgan fingerprint density at radius 3 is 2.29 bits per heavy atom. The third kappa shape index (κ3) is 4.93. The van der Waals surface area contributed by atoms with Crippen LogP contribution < -0.4 is 4.74 Å². The standard InChI is InChI=1S/C22H21ClN2O4S2/c23-20-10-11-22(30-20)31(27,28)25-14-12-24(13-15-25)21(26)16-29-19-9-5-4-8-18(19)17-6-2-1-3-7-17/h1-11H,12-16H2. The van der Waals surface area contributed by atoms with E-state index in [9.17, 15) is 13.2 Å². The molecule has 1 aliphatic heterocycles. The number of ether oxygens (including phenoxy) is 1. The highest BCUT2D eigenvalue weighted by atomic mass is 35.5. The van der Waals surface area contributed by atoms with Gasteiger partial charge in [-0.25, -0.2) is 8.42 Å². The Balaban J connectivity index is 1.35. The van der Waals surface area contributed by atoms with Crippen molar-refractivity contribution in [3.63, 3.8) is 0 Å². The maximum Gasteiger partial charge on any atom is 0.260 e. The van der Waals surface area contributed by atoms with Crippen molar-refractivity contribution in [3.05, 3.63) is 71.1 Å². The zero-order valence-electron chi connectivity index (χ0n) is 16.6. The first-order chi connectivity index (χ1) is 14.9. The van der Waals surface area contributed by atoms with Crippen LogP contribution in [-0.2, 0) is 14.8 Å². The molecule has 162 valence electrons. The Bertz CT molecular complexity index is 1160. The summed E-state index contributed by atoms with van der Waals surface area (Å²) in [5.41, 5.74) is 1.93. The molecule has 0 unspecified atom stereocenters. The number of benzene rings is 2. The second-order valence-corrected chi connectivity index (χ2v) is 10.9. The number of carbonyl (C=O) groups excluding carboxylic acids is 1. The van der Waals surface area contributed by atoms with Gasteiger partial charge in [-0.05, 0) is 23.8 Å². The quantitative estimate of drug-likeness (QED) is 0.539. The molecule has 1 amide bonds. The number of hydrogen-bond acceptors (Lipinski definition) is 5. The molecule has 1 aliphatic rings. The summed E-state index contributed by atoms with van der Waals surface area (Å²) >= 11 is 6.91. The van der Waals surface area contributed by atoms with E-state index >= 15 is 0 Å². The minimum Gasteiger partial charge on any atom is -0.483 e. The predicted molar refractivity (Wildman–Crippen MR) is 122 cm³/mol. The third-order valence-electron chi connectivity index (χ3n) is 5.06. The lowest BCUT2D eigenvalue weighted by Crippen LogP contribution is -2.51. The minimum atomic E-state index is -3.58. The zero-order valence-corrected chi connectivity index (χ0v) is 19.0. The van der Waals surface area contributed by atoms with E-state index in [1.54, 1.807) is 11.0 Å². The molecule has 1 fully saturated rings. The summed E-state index contributed by atoms with van der Waals surface area (Å²) in [6, 6.07) is 20.5. The Kier molecular flexibility index (Phi) is 6.62. The van der Waals surface area contributed by atoms with Gasteiger partial charge in [0.2, 0.25) is 0 Å². The topological polar surface area (TPSA) is 66.9 Å². The van der Waals surface area contributed by atoms with Crippen molar-refractivity contribution in [2.75, 3.05) is 32.8 Å². The number of nitrogens with zero attached hydrogens (tertiary/aromatic N) is 2. The molecule has 1 aromatic heterocycles. The highest BCUT2D eigenvalue weighted by molar-refractivity contribution is 7.91. The third-order valence-corrected chi connectivity index (χ3v) is 8.65. The number of piperazine rings is 1. The van der Waals surface area contributed by atoms with Gasteiger partial charge in [-0.1, -0.05) is 60.1 Å². The van der Waals surface area contributed by atoms with Gasteiger partial charge < -0.3 is 9.64 Å². The molecule has 0 spiro atoms. The van der Waals surface area contributed by atoms with Crippen molar-refractivity contribution < 1.29 is 17.9 Å². The lowest BCUT2D eigenvalue weighted by molar-refractivity contribution is -0.134. The molecule has 9 heteroatoms. The summed E-state index contributed by atoms with van der Waals surface area (Å²) in [7, 11) is -3.58. The number of sulfonamides is 1. The molecular formula is C22H21ClN2O4S2. The second-order valence-electron chi connectivity index (χ2n) is 6.99. The maximum atomic E-state index is 12.7. The molecule has 0 N–H and O–H groups in total. The van der Waals surface area contributed by atoms with Gasteiger partial charge in [0.1, 0.15) is 9.96 Å². The van der Waals surface area contributed by atoms with E-state index in [2.05, 4.69) is 0 Å². The Morgan fingerprint density at radius 1 is 0.935 bits per heavy atom. The molecule has 3 aromatic rings. The highest BCUT2D eigenvalue weighted by Crippen LogP contribution is 2.30. The van der Waals surface area contributed by atoms with Crippen LogP contribution in [0.25, 0.3) is 11.1 Å². The van der Waals surface area contributed by atoms with Crippen LogP contribution in [0.15, 0.2) is 70.9 Å². The average Bonchev–Trinajstić information content (AvgIpc) is 3.25. The van der Waals surface area contributed by atoms with E-state index < -0.39 is 10.0 Å². The fraction of sp³-hybridized carbons (Fsp3) is 0.227. The monoisotopic (exact) mass is 476 g/mol. The number of rotatable bonds is 6. The minimum absolute atomic E-state index is 0.100. The predicted octanol–water partition coefficient (Wildman–Crippen LogP) is 3.98. The number of thiophene rings is 1. The first-order valence-electron chi connectivity index (χ1n) is 9.75. The summed E-state index contributed by atoms with van der Waals surface area (Å²) in [6.07, 6.45) is 0. The van der Waals surface area contributed by atoms with Crippen molar-refractivity contribution in [1.29, 1.82) is 0 Å². The zero-order chi connectivity index (χ0) is 21.8. The van der Waals surface area contributed by atoms with E-state index in [1.165, 1.54) is 10.4 Å². The van der Waals surface area contributed by atoms with Crippen molar-refractivity contribution in [2.24, 2.45) is 0 Å². The normalized spacial score (nSPS) is 15.1. The van der Waals surface area contributed by atoms with Crippen LogP contribution >= 0.6 is 22.9 Å².